The van der Waals surface area contributed by atoms with Gasteiger partial charge in [0, 0.05) is 29.6 Å². The maximum atomic E-state index is 14.2. The average Bonchev–Trinajstić information content (AvgIpc) is 3.42. The van der Waals surface area contributed by atoms with Crippen LogP contribution in [0.1, 0.15) is 59.1 Å². The number of fused-ring (bicyclic) bond motifs is 4. The Balaban J connectivity index is 1.44. The summed E-state index contributed by atoms with van der Waals surface area (Å²) in [5.41, 5.74) is 5.63. The van der Waals surface area contributed by atoms with Crippen molar-refractivity contribution in [2.75, 3.05) is 11.4 Å². The molecule has 1 fully saturated rings. The molecule has 2 aliphatic rings. The third-order valence-corrected chi connectivity index (χ3v) is 7.93. The van der Waals surface area contributed by atoms with Crippen molar-refractivity contribution in [1.82, 2.24) is 15.2 Å². The lowest BCUT2D eigenvalue weighted by Crippen LogP contribution is -2.44. The van der Waals surface area contributed by atoms with E-state index in [0.717, 1.165) is 39.7 Å². The van der Waals surface area contributed by atoms with Gasteiger partial charge in [-0.05, 0) is 54.2 Å². The van der Waals surface area contributed by atoms with E-state index in [0.29, 0.717) is 30.1 Å². The van der Waals surface area contributed by atoms with E-state index >= 15 is 0 Å². The first-order chi connectivity index (χ1) is 18.9. The van der Waals surface area contributed by atoms with Crippen LogP contribution in [0.5, 0.6) is 0 Å². The molecule has 4 aromatic rings. The van der Waals surface area contributed by atoms with Gasteiger partial charge >= 0.3 is 6.03 Å². The monoisotopic (exact) mass is 520 g/mol. The van der Waals surface area contributed by atoms with Gasteiger partial charge in [-0.25, -0.2) is 9.69 Å². The molecule has 0 bridgehead atoms. The number of aryl methyl sites for hydroxylation is 1. The summed E-state index contributed by atoms with van der Waals surface area (Å²) in [6.07, 6.45) is 1.25. The molecule has 39 heavy (non-hydrogen) atoms. The number of amides is 4. The van der Waals surface area contributed by atoms with E-state index in [1.807, 2.05) is 49.4 Å². The van der Waals surface area contributed by atoms with Gasteiger partial charge in [0.2, 0.25) is 0 Å². The number of aromatic nitrogens is 1. The van der Waals surface area contributed by atoms with E-state index in [1.54, 1.807) is 29.2 Å². The van der Waals surface area contributed by atoms with E-state index in [2.05, 4.69) is 30.2 Å². The molecule has 0 unspecified atom stereocenters. The zero-order valence-electron chi connectivity index (χ0n) is 22.4. The van der Waals surface area contributed by atoms with Crippen LogP contribution >= 0.6 is 0 Å². The highest BCUT2D eigenvalue weighted by molar-refractivity contribution is 6.24. The number of anilines is 1. The highest BCUT2D eigenvalue weighted by atomic mass is 16.2. The first-order valence-corrected chi connectivity index (χ1v) is 13.5. The molecular formula is C32H32N4O3. The Morgan fingerprint density at radius 3 is 2.51 bits per heavy atom. The van der Waals surface area contributed by atoms with Gasteiger partial charge in [0.05, 0.1) is 11.3 Å². The number of benzene rings is 3. The number of urea groups is 1. The van der Waals surface area contributed by atoms with E-state index in [-0.39, 0.29) is 11.8 Å². The van der Waals surface area contributed by atoms with Crippen molar-refractivity contribution in [2.45, 2.75) is 45.7 Å². The Hall–Kier alpha value is -4.39. The Bertz CT molecular complexity index is 1600. The summed E-state index contributed by atoms with van der Waals surface area (Å²) in [6, 6.07) is 21.4. The molecule has 198 valence electrons. The molecule has 7 heteroatoms. The summed E-state index contributed by atoms with van der Waals surface area (Å²) in [7, 11) is 0. The molecule has 7 nitrogen and oxygen atoms in total. The summed E-state index contributed by atoms with van der Waals surface area (Å²) in [5.74, 6) is -0.148. The molecule has 3 heterocycles. The molecule has 2 aliphatic heterocycles. The fourth-order valence-corrected chi connectivity index (χ4v) is 5.94. The number of nitrogens with one attached hydrogen (secondary N) is 2. The smallest absolute Gasteiger partial charge is 0.332 e. The van der Waals surface area contributed by atoms with Crippen LogP contribution in [-0.2, 0) is 11.2 Å². The predicted octanol–water partition coefficient (Wildman–Crippen LogP) is 5.74. The lowest BCUT2D eigenvalue weighted by atomic mass is 9.87. The SMILES string of the molecule is Cc1ccccc1[C@H]1c2[nH]c3ccccc3c2C[C@H]2C(=O)N(c3ccccc3C(=O)NCCC(C)C)C(=O)N12. The first-order valence-electron chi connectivity index (χ1n) is 13.5. The molecule has 0 aliphatic carbocycles. The van der Waals surface area contributed by atoms with E-state index in [9.17, 15) is 14.4 Å². The molecule has 1 saturated heterocycles. The number of hydrogen-bond acceptors (Lipinski definition) is 3. The van der Waals surface area contributed by atoms with Crippen LogP contribution < -0.4 is 10.2 Å². The molecule has 6 rings (SSSR count). The van der Waals surface area contributed by atoms with E-state index in [4.69, 9.17) is 0 Å². The summed E-state index contributed by atoms with van der Waals surface area (Å²) in [6.45, 7) is 6.75. The molecule has 0 radical (unpaired) electrons. The largest absolute Gasteiger partial charge is 0.356 e. The van der Waals surface area contributed by atoms with Crippen LogP contribution in [0.3, 0.4) is 0 Å². The number of rotatable bonds is 6. The standard InChI is InChI=1S/C32H32N4O3/c1-19(2)16-17-33-30(37)23-13-7-9-15-26(23)36-31(38)27-18-24-22-12-6-8-14-25(22)34-28(24)29(35(27)32(36)39)21-11-5-4-10-20(21)3/h4-15,19,27,29,34H,16-18H2,1-3H3,(H,33,37)/t27-,29-/m0/s1. The number of carbonyl (C=O) groups is 3. The quantitative estimate of drug-likeness (QED) is 0.318. The van der Waals surface area contributed by atoms with Gasteiger partial charge < -0.3 is 10.3 Å². The van der Waals surface area contributed by atoms with Crippen LogP contribution in [0.2, 0.25) is 0 Å². The van der Waals surface area contributed by atoms with Gasteiger partial charge in [-0.2, -0.15) is 0 Å². The van der Waals surface area contributed by atoms with Crippen molar-refractivity contribution in [1.29, 1.82) is 0 Å². The normalized spacial score (nSPS) is 18.6. The summed E-state index contributed by atoms with van der Waals surface area (Å²) >= 11 is 0. The third-order valence-electron chi connectivity index (χ3n) is 7.93. The molecule has 4 amide bonds. The number of imide groups is 1. The van der Waals surface area contributed by atoms with Crippen molar-refractivity contribution < 1.29 is 14.4 Å². The number of aromatic amines is 1. The van der Waals surface area contributed by atoms with Crippen molar-refractivity contribution in [3.8, 4) is 0 Å². The highest BCUT2D eigenvalue weighted by Gasteiger charge is 2.53. The van der Waals surface area contributed by atoms with Gasteiger partial charge in [-0.3, -0.25) is 14.5 Å². The van der Waals surface area contributed by atoms with E-state index in [1.165, 1.54) is 4.90 Å². The van der Waals surface area contributed by atoms with Crippen molar-refractivity contribution in [2.24, 2.45) is 5.92 Å². The molecule has 2 N–H and O–H groups in total. The third kappa shape index (κ3) is 4.09. The number of carbonyl (C=O) groups excluding carboxylic acids is 3. The van der Waals surface area contributed by atoms with Crippen molar-refractivity contribution in [3.05, 3.63) is 101 Å². The molecular weight excluding hydrogens is 488 g/mol. The number of nitrogens with zero attached hydrogens (tertiary/aromatic N) is 2. The second-order valence-corrected chi connectivity index (χ2v) is 10.9. The fourth-order valence-electron chi connectivity index (χ4n) is 5.94. The topological polar surface area (TPSA) is 85.5 Å². The lowest BCUT2D eigenvalue weighted by molar-refractivity contribution is -0.120. The van der Waals surface area contributed by atoms with Crippen molar-refractivity contribution in [3.63, 3.8) is 0 Å². The molecule has 1 aromatic heterocycles. The van der Waals surface area contributed by atoms with Crippen LogP contribution in [-0.4, -0.2) is 40.3 Å². The Morgan fingerprint density at radius 2 is 1.72 bits per heavy atom. The number of hydrogen-bond donors (Lipinski definition) is 2. The average molecular weight is 521 g/mol. The summed E-state index contributed by atoms with van der Waals surface area (Å²) in [4.78, 5) is 48.0. The minimum absolute atomic E-state index is 0.289. The fraction of sp³-hybridized carbons (Fsp3) is 0.281. The van der Waals surface area contributed by atoms with E-state index < -0.39 is 18.1 Å². The van der Waals surface area contributed by atoms with Crippen LogP contribution in [0.25, 0.3) is 10.9 Å². The van der Waals surface area contributed by atoms with Crippen molar-refractivity contribution >= 4 is 34.4 Å². The van der Waals surface area contributed by atoms with Gasteiger partial charge in [0.15, 0.2) is 0 Å². The predicted molar refractivity (Wildman–Crippen MR) is 152 cm³/mol. The molecule has 0 spiro atoms. The Morgan fingerprint density at radius 1 is 1.00 bits per heavy atom. The van der Waals surface area contributed by atoms with Gasteiger partial charge in [-0.15, -0.1) is 0 Å². The second-order valence-electron chi connectivity index (χ2n) is 10.9. The molecule has 0 saturated carbocycles. The highest BCUT2D eigenvalue weighted by Crippen LogP contribution is 2.45. The zero-order valence-corrected chi connectivity index (χ0v) is 22.4. The van der Waals surface area contributed by atoms with Crippen LogP contribution in [0, 0.1) is 12.8 Å². The number of para-hydroxylation sites is 2. The van der Waals surface area contributed by atoms with Crippen LogP contribution in [0.15, 0.2) is 72.8 Å². The van der Waals surface area contributed by atoms with Gasteiger partial charge in [0.25, 0.3) is 11.8 Å². The lowest BCUT2D eigenvalue weighted by Gasteiger charge is -2.36. The Kier molecular flexibility index (Phi) is 6.22. The summed E-state index contributed by atoms with van der Waals surface area (Å²) < 4.78 is 0. The Labute approximate surface area is 227 Å². The number of H-pyrrole nitrogens is 1. The first kappa shape index (κ1) is 24.9. The molecule has 3 aromatic carbocycles. The van der Waals surface area contributed by atoms with Crippen LogP contribution in [0.4, 0.5) is 10.5 Å². The minimum Gasteiger partial charge on any atom is -0.356 e. The summed E-state index contributed by atoms with van der Waals surface area (Å²) in [5, 5.41) is 4.02. The van der Waals surface area contributed by atoms with Gasteiger partial charge in [-0.1, -0.05) is 68.4 Å². The second kappa shape index (κ2) is 9.73. The molecule has 2 atom stereocenters. The zero-order chi connectivity index (χ0) is 27.3. The maximum absolute atomic E-state index is 14.2. The maximum Gasteiger partial charge on any atom is 0.332 e. The minimum atomic E-state index is -0.675. The van der Waals surface area contributed by atoms with Gasteiger partial charge in [0.1, 0.15) is 12.1 Å².